The van der Waals surface area contributed by atoms with E-state index in [1.54, 1.807) is 0 Å². The van der Waals surface area contributed by atoms with Gasteiger partial charge in [0.05, 0.1) is 0 Å². The van der Waals surface area contributed by atoms with E-state index < -0.39 is 6.10 Å². The lowest BCUT2D eigenvalue weighted by Gasteiger charge is -2.18. The molecule has 0 aliphatic rings. The summed E-state index contributed by atoms with van der Waals surface area (Å²) in [5.74, 6) is -0.948. The minimum Gasteiger partial charge on any atom is -0.462 e. The van der Waals surface area contributed by atoms with Gasteiger partial charge in [-0.05, 0) is 135 Å². The quantitative estimate of drug-likeness (QED) is 0.0261. The fraction of sp³-hybridized carbons (Fsp3) is 0.614. The van der Waals surface area contributed by atoms with E-state index >= 15 is 0 Å². The number of allylic oxidation sites excluding steroid dienone is 24. The molecule has 0 saturated heterocycles. The number of carbonyl (C=O) groups excluding carboxylic acids is 3. The van der Waals surface area contributed by atoms with Crippen LogP contribution in [0.3, 0.4) is 0 Å². The van der Waals surface area contributed by atoms with Gasteiger partial charge in [0.1, 0.15) is 13.2 Å². The van der Waals surface area contributed by atoms with Crippen LogP contribution in [0.15, 0.2) is 146 Å². The van der Waals surface area contributed by atoms with Crippen molar-refractivity contribution in [1.82, 2.24) is 0 Å². The van der Waals surface area contributed by atoms with Crippen LogP contribution < -0.4 is 0 Å². The highest BCUT2D eigenvalue weighted by Crippen LogP contribution is 2.14. The molecular weight excluding hydrogens is 937 g/mol. The largest absolute Gasteiger partial charge is 0.462 e. The van der Waals surface area contributed by atoms with E-state index in [2.05, 4.69) is 167 Å². The normalized spacial score (nSPS) is 13.1. The maximum atomic E-state index is 12.8. The second-order valence-electron chi connectivity index (χ2n) is 19.8. The first kappa shape index (κ1) is 71.3. The number of esters is 3. The minimum absolute atomic E-state index is 0.0986. The van der Waals surface area contributed by atoms with Gasteiger partial charge in [0, 0.05) is 19.3 Å². The van der Waals surface area contributed by atoms with Gasteiger partial charge in [-0.2, -0.15) is 0 Å². The molecule has 0 spiro atoms. The predicted molar refractivity (Wildman–Crippen MR) is 329 cm³/mol. The van der Waals surface area contributed by atoms with Crippen LogP contribution in [-0.4, -0.2) is 37.2 Å². The Labute approximate surface area is 467 Å². The molecule has 0 N–H and O–H groups in total. The second-order valence-corrected chi connectivity index (χ2v) is 19.8. The van der Waals surface area contributed by atoms with Crippen LogP contribution in [0.25, 0.3) is 0 Å². The Kier molecular flexibility index (Phi) is 58.9. The number of unbranched alkanes of at least 4 members (excludes halogenated alkanes) is 19. The number of hydrogen-bond acceptors (Lipinski definition) is 6. The summed E-state index contributed by atoms with van der Waals surface area (Å²) < 4.78 is 16.8. The van der Waals surface area contributed by atoms with Crippen LogP contribution in [0.2, 0.25) is 0 Å². The van der Waals surface area contributed by atoms with Gasteiger partial charge in [-0.1, -0.05) is 250 Å². The van der Waals surface area contributed by atoms with E-state index in [4.69, 9.17) is 14.2 Å². The molecule has 0 saturated carbocycles. The van der Waals surface area contributed by atoms with Gasteiger partial charge in [-0.25, -0.2) is 0 Å². The molecule has 6 heteroatoms. The highest BCUT2D eigenvalue weighted by Gasteiger charge is 2.19. The molecule has 0 fully saturated rings. The monoisotopic (exact) mass is 1050 g/mol. The Morgan fingerprint density at radius 2 is 0.513 bits per heavy atom. The molecule has 0 heterocycles. The van der Waals surface area contributed by atoms with Gasteiger partial charge in [-0.3, -0.25) is 14.4 Å². The Hall–Kier alpha value is -4.71. The van der Waals surface area contributed by atoms with E-state index in [-0.39, 0.29) is 37.5 Å². The first-order valence-electron chi connectivity index (χ1n) is 30.8. The van der Waals surface area contributed by atoms with Crippen LogP contribution in [-0.2, 0) is 28.6 Å². The van der Waals surface area contributed by atoms with Crippen LogP contribution in [0.4, 0.5) is 0 Å². The van der Waals surface area contributed by atoms with Crippen LogP contribution in [0.1, 0.15) is 258 Å². The SMILES string of the molecule is CC/C=C\C/C=C\C/C=C\C/C=C\C/C=C\C/C=C\C/C=C\C/C=C\CCCCCCCCCCCCC(=O)OCC(COC(=O)CCCCCCC/C=C\CCC)OC(=O)CCCCC/C=C\C/C=C\C/C=C\CC. The topological polar surface area (TPSA) is 78.9 Å². The van der Waals surface area contributed by atoms with Gasteiger partial charge >= 0.3 is 17.9 Å². The number of carbonyl (C=O) groups is 3. The second kappa shape index (κ2) is 62.8. The summed E-state index contributed by atoms with van der Waals surface area (Å²) >= 11 is 0. The Morgan fingerprint density at radius 1 is 0.276 bits per heavy atom. The molecule has 0 aliphatic heterocycles. The standard InChI is InChI=1S/C70H112O6/c1-4-7-10-13-16-19-22-24-25-26-27-28-29-30-31-32-33-34-35-36-37-38-39-40-41-42-43-44-45-47-48-51-54-57-60-63-69(72)75-66-67(65-74-68(71)62-59-56-53-50-21-18-15-12-9-6-3)76-70(73)64-61-58-55-52-49-46-23-20-17-14-11-8-5-2/h7-8,10-12,15-17,19-20,24-25,27-28,30-31,33-34,36-37,39-40,46,49,67H,4-6,9,13-14,18,21-23,26,29,32,35,38,41-45,47-48,50-66H2,1-3H3/b10-7-,11-8-,15-12-,19-16-,20-17-,25-24-,28-27-,31-30-,34-33-,37-36-,40-39-,49-46-. The molecule has 428 valence electrons. The Morgan fingerprint density at radius 3 is 0.829 bits per heavy atom. The summed E-state index contributed by atoms with van der Waals surface area (Å²) in [5, 5.41) is 0. The van der Waals surface area contributed by atoms with Crippen LogP contribution in [0, 0.1) is 0 Å². The van der Waals surface area contributed by atoms with Gasteiger partial charge < -0.3 is 14.2 Å². The molecular formula is C70H112O6. The van der Waals surface area contributed by atoms with Gasteiger partial charge in [-0.15, -0.1) is 0 Å². The zero-order valence-electron chi connectivity index (χ0n) is 49.0. The van der Waals surface area contributed by atoms with Gasteiger partial charge in [0.15, 0.2) is 6.10 Å². The van der Waals surface area contributed by atoms with E-state index in [1.165, 1.54) is 57.8 Å². The smallest absolute Gasteiger partial charge is 0.306 e. The molecule has 0 amide bonds. The van der Waals surface area contributed by atoms with Crippen molar-refractivity contribution in [2.24, 2.45) is 0 Å². The summed E-state index contributed by atoms with van der Waals surface area (Å²) in [6.07, 6.45) is 90.1. The van der Waals surface area contributed by atoms with Crippen molar-refractivity contribution in [3.05, 3.63) is 146 Å². The number of hydrogen-bond donors (Lipinski definition) is 0. The Balaban J connectivity index is 4.17. The van der Waals surface area contributed by atoms with Crippen LogP contribution >= 0.6 is 0 Å². The molecule has 0 aromatic carbocycles. The van der Waals surface area contributed by atoms with E-state index in [9.17, 15) is 14.4 Å². The van der Waals surface area contributed by atoms with E-state index in [0.717, 1.165) is 161 Å². The van der Waals surface area contributed by atoms with Crippen molar-refractivity contribution < 1.29 is 28.6 Å². The molecule has 0 radical (unpaired) electrons. The maximum Gasteiger partial charge on any atom is 0.306 e. The molecule has 6 nitrogen and oxygen atoms in total. The fourth-order valence-corrected chi connectivity index (χ4v) is 8.00. The predicted octanol–water partition coefficient (Wildman–Crippen LogP) is 21.2. The highest BCUT2D eigenvalue weighted by atomic mass is 16.6. The van der Waals surface area contributed by atoms with Crippen molar-refractivity contribution >= 4 is 17.9 Å². The van der Waals surface area contributed by atoms with Crippen LogP contribution in [0.5, 0.6) is 0 Å². The average Bonchev–Trinajstić information content (AvgIpc) is 3.42. The first-order chi connectivity index (χ1) is 37.5. The Bertz CT molecular complexity index is 1680. The lowest BCUT2D eigenvalue weighted by molar-refractivity contribution is -0.167. The molecule has 0 aromatic heterocycles. The minimum atomic E-state index is -0.802. The lowest BCUT2D eigenvalue weighted by Crippen LogP contribution is -2.30. The van der Waals surface area contributed by atoms with Crippen molar-refractivity contribution in [2.75, 3.05) is 13.2 Å². The molecule has 1 atom stereocenters. The van der Waals surface area contributed by atoms with Gasteiger partial charge in [0.25, 0.3) is 0 Å². The van der Waals surface area contributed by atoms with E-state index in [0.29, 0.717) is 12.8 Å². The number of rotatable bonds is 54. The fourth-order valence-electron chi connectivity index (χ4n) is 8.00. The summed E-state index contributed by atoms with van der Waals surface area (Å²) in [6.45, 7) is 6.30. The number of ether oxygens (including phenoxy) is 3. The van der Waals surface area contributed by atoms with Crippen molar-refractivity contribution in [1.29, 1.82) is 0 Å². The molecule has 0 bridgehead atoms. The van der Waals surface area contributed by atoms with Gasteiger partial charge in [0.2, 0.25) is 0 Å². The van der Waals surface area contributed by atoms with Crippen molar-refractivity contribution in [2.45, 2.75) is 264 Å². The van der Waals surface area contributed by atoms with E-state index in [1.807, 2.05) is 0 Å². The molecule has 1 unspecified atom stereocenters. The third-order valence-corrected chi connectivity index (χ3v) is 12.5. The first-order valence-corrected chi connectivity index (χ1v) is 30.8. The maximum absolute atomic E-state index is 12.8. The zero-order valence-corrected chi connectivity index (χ0v) is 49.0. The zero-order chi connectivity index (χ0) is 55.0. The summed E-state index contributed by atoms with van der Waals surface area (Å²) in [6, 6.07) is 0. The molecule has 76 heavy (non-hydrogen) atoms. The molecule has 0 rings (SSSR count). The average molecular weight is 1050 g/mol. The lowest BCUT2D eigenvalue weighted by atomic mass is 10.1. The third-order valence-electron chi connectivity index (χ3n) is 12.5. The highest BCUT2D eigenvalue weighted by molar-refractivity contribution is 5.71. The molecule has 0 aromatic rings. The molecule has 0 aliphatic carbocycles. The summed E-state index contributed by atoms with van der Waals surface area (Å²) in [5.41, 5.74) is 0. The summed E-state index contributed by atoms with van der Waals surface area (Å²) in [4.78, 5) is 38.1. The van der Waals surface area contributed by atoms with Crippen molar-refractivity contribution in [3.8, 4) is 0 Å². The third kappa shape index (κ3) is 60.2. The summed E-state index contributed by atoms with van der Waals surface area (Å²) in [7, 11) is 0. The van der Waals surface area contributed by atoms with Crippen molar-refractivity contribution in [3.63, 3.8) is 0 Å².